The molecule has 4 heteroatoms. The summed E-state index contributed by atoms with van der Waals surface area (Å²) < 4.78 is 5.13. The number of nitrogens with two attached hydrogens (primary N) is 1. The van der Waals surface area contributed by atoms with E-state index in [0.717, 1.165) is 11.3 Å². The van der Waals surface area contributed by atoms with E-state index in [1.54, 1.807) is 25.3 Å². The largest absolute Gasteiger partial charge is 0.496 e. The number of carbonyl (C=O) groups excluding carboxylic acids is 1. The van der Waals surface area contributed by atoms with Crippen molar-refractivity contribution in [3.8, 4) is 5.75 Å². The van der Waals surface area contributed by atoms with Gasteiger partial charge in [0.2, 0.25) is 0 Å². The Morgan fingerprint density at radius 3 is 2.75 bits per heavy atom. The zero-order chi connectivity index (χ0) is 12.1. The van der Waals surface area contributed by atoms with Gasteiger partial charge in [0.15, 0.2) is 0 Å². The highest BCUT2D eigenvalue weighted by Crippen LogP contribution is 2.18. The summed E-state index contributed by atoms with van der Waals surface area (Å²) in [7, 11) is 1.61. The molecule has 0 saturated heterocycles. The molecule has 3 N–H and O–H groups in total. The maximum Gasteiger partial charge on any atom is 0.251 e. The van der Waals surface area contributed by atoms with E-state index in [4.69, 9.17) is 10.5 Å². The van der Waals surface area contributed by atoms with E-state index >= 15 is 0 Å². The summed E-state index contributed by atoms with van der Waals surface area (Å²) >= 11 is 0. The second-order valence-corrected chi connectivity index (χ2v) is 3.87. The maximum atomic E-state index is 11.7. The second kappa shape index (κ2) is 5.51. The van der Waals surface area contributed by atoms with Crippen LogP contribution in [0.1, 0.15) is 22.8 Å². The second-order valence-electron chi connectivity index (χ2n) is 3.87. The van der Waals surface area contributed by atoms with Gasteiger partial charge in [0.25, 0.3) is 5.91 Å². The number of amides is 1. The normalized spacial score (nSPS) is 12.0. The number of rotatable bonds is 4. The lowest BCUT2D eigenvalue weighted by Crippen LogP contribution is -2.35. The average Bonchev–Trinajstić information content (AvgIpc) is 2.25. The van der Waals surface area contributed by atoms with Crippen molar-refractivity contribution in [2.45, 2.75) is 19.9 Å². The number of carbonyl (C=O) groups is 1. The number of methoxy groups -OCH3 is 1. The van der Waals surface area contributed by atoms with Crippen molar-refractivity contribution in [1.29, 1.82) is 0 Å². The van der Waals surface area contributed by atoms with Gasteiger partial charge in [-0.2, -0.15) is 0 Å². The van der Waals surface area contributed by atoms with E-state index in [1.165, 1.54) is 0 Å². The molecule has 1 amide bonds. The standard InChI is InChI=1S/C12H18N2O2/c1-8-6-10(4-5-11(8)16-3)12(15)14-7-9(2)13/h4-6,9H,7,13H2,1-3H3,(H,14,15). The minimum absolute atomic E-state index is 0.0386. The molecule has 16 heavy (non-hydrogen) atoms. The summed E-state index contributed by atoms with van der Waals surface area (Å²) in [5, 5.41) is 2.76. The number of nitrogens with one attached hydrogen (secondary N) is 1. The monoisotopic (exact) mass is 222 g/mol. The highest BCUT2D eigenvalue weighted by Gasteiger charge is 2.07. The number of benzene rings is 1. The van der Waals surface area contributed by atoms with Crippen LogP contribution in [0.4, 0.5) is 0 Å². The first-order valence-corrected chi connectivity index (χ1v) is 5.23. The van der Waals surface area contributed by atoms with Gasteiger partial charge in [-0.1, -0.05) is 0 Å². The van der Waals surface area contributed by atoms with Crippen LogP contribution in [0.5, 0.6) is 5.75 Å². The number of ether oxygens (including phenoxy) is 1. The molecule has 0 aliphatic rings. The Morgan fingerprint density at radius 1 is 1.56 bits per heavy atom. The third-order valence-electron chi connectivity index (χ3n) is 2.24. The fourth-order valence-corrected chi connectivity index (χ4v) is 1.38. The molecule has 0 aliphatic carbocycles. The van der Waals surface area contributed by atoms with Crippen molar-refractivity contribution in [3.63, 3.8) is 0 Å². The SMILES string of the molecule is COc1ccc(C(=O)NCC(C)N)cc1C. The molecule has 1 rings (SSSR count). The molecular formula is C12H18N2O2. The zero-order valence-electron chi connectivity index (χ0n) is 9.91. The highest BCUT2D eigenvalue weighted by molar-refractivity contribution is 5.94. The summed E-state index contributed by atoms with van der Waals surface area (Å²) in [5.74, 6) is 0.673. The van der Waals surface area contributed by atoms with E-state index < -0.39 is 0 Å². The third kappa shape index (κ3) is 3.24. The van der Waals surface area contributed by atoms with Crippen LogP contribution in [-0.4, -0.2) is 25.6 Å². The van der Waals surface area contributed by atoms with Gasteiger partial charge in [0, 0.05) is 18.2 Å². The summed E-state index contributed by atoms with van der Waals surface area (Å²) in [6.07, 6.45) is 0. The van der Waals surface area contributed by atoms with Gasteiger partial charge in [0.1, 0.15) is 5.75 Å². The smallest absolute Gasteiger partial charge is 0.251 e. The Balaban J connectivity index is 2.73. The maximum absolute atomic E-state index is 11.7. The zero-order valence-corrected chi connectivity index (χ0v) is 9.91. The fraction of sp³-hybridized carbons (Fsp3) is 0.417. The van der Waals surface area contributed by atoms with Gasteiger partial charge in [-0.05, 0) is 37.6 Å². The molecule has 0 bridgehead atoms. The molecule has 0 aliphatic heterocycles. The van der Waals surface area contributed by atoms with Crippen LogP contribution in [0, 0.1) is 6.92 Å². The molecule has 0 fully saturated rings. The predicted molar refractivity (Wildman–Crippen MR) is 63.7 cm³/mol. The summed E-state index contributed by atoms with van der Waals surface area (Å²) in [5.41, 5.74) is 7.12. The number of hydrogen-bond donors (Lipinski definition) is 2. The van der Waals surface area contributed by atoms with Crippen LogP contribution < -0.4 is 15.8 Å². The van der Waals surface area contributed by atoms with E-state index in [9.17, 15) is 4.79 Å². The van der Waals surface area contributed by atoms with E-state index in [0.29, 0.717) is 12.1 Å². The molecule has 0 aromatic heterocycles. The van der Waals surface area contributed by atoms with Crippen molar-refractivity contribution >= 4 is 5.91 Å². The van der Waals surface area contributed by atoms with Crippen molar-refractivity contribution in [1.82, 2.24) is 5.32 Å². The Hall–Kier alpha value is -1.55. The molecule has 1 aromatic carbocycles. The summed E-state index contributed by atoms with van der Waals surface area (Å²) in [6.45, 7) is 4.23. The summed E-state index contributed by atoms with van der Waals surface area (Å²) in [4.78, 5) is 11.7. The molecular weight excluding hydrogens is 204 g/mol. The molecule has 1 atom stereocenters. The predicted octanol–water partition coefficient (Wildman–Crippen LogP) is 1.08. The summed E-state index contributed by atoms with van der Waals surface area (Å²) in [6, 6.07) is 5.29. The van der Waals surface area contributed by atoms with Crippen molar-refractivity contribution < 1.29 is 9.53 Å². The van der Waals surface area contributed by atoms with Crippen LogP contribution in [-0.2, 0) is 0 Å². The lowest BCUT2D eigenvalue weighted by atomic mass is 10.1. The Kier molecular flexibility index (Phi) is 4.31. The number of aryl methyl sites for hydroxylation is 1. The van der Waals surface area contributed by atoms with Gasteiger partial charge in [-0.15, -0.1) is 0 Å². The van der Waals surface area contributed by atoms with Crippen LogP contribution in [0.15, 0.2) is 18.2 Å². The number of hydrogen-bond acceptors (Lipinski definition) is 3. The Bertz CT molecular complexity index is 375. The molecule has 1 unspecified atom stereocenters. The molecule has 88 valence electrons. The first-order valence-electron chi connectivity index (χ1n) is 5.23. The van der Waals surface area contributed by atoms with Crippen LogP contribution >= 0.6 is 0 Å². The van der Waals surface area contributed by atoms with Gasteiger partial charge >= 0.3 is 0 Å². The highest BCUT2D eigenvalue weighted by atomic mass is 16.5. The lowest BCUT2D eigenvalue weighted by Gasteiger charge is -2.09. The van der Waals surface area contributed by atoms with Crippen LogP contribution in [0.2, 0.25) is 0 Å². The fourth-order valence-electron chi connectivity index (χ4n) is 1.38. The third-order valence-corrected chi connectivity index (χ3v) is 2.24. The van der Waals surface area contributed by atoms with E-state index in [2.05, 4.69) is 5.32 Å². The van der Waals surface area contributed by atoms with Gasteiger partial charge in [-0.3, -0.25) is 4.79 Å². The molecule has 0 radical (unpaired) electrons. The Labute approximate surface area is 95.8 Å². The van der Waals surface area contributed by atoms with Gasteiger partial charge in [-0.25, -0.2) is 0 Å². The van der Waals surface area contributed by atoms with E-state index in [1.807, 2.05) is 13.8 Å². The average molecular weight is 222 g/mol. The van der Waals surface area contributed by atoms with Crippen molar-refractivity contribution in [2.24, 2.45) is 5.73 Å². The van der Waals surface area contributed by atoms with Crippen molar-refractivity contribution in [3.05, 3.63) is 29.3 Å². The minimum atomic E-state index is -0.108. The van der Waals surface area contributed by atoms with Gasteiger partial charge in [0.05, 0.1) is 7.11 Å². The topological polar surface area (TPSA) is 64.3 Å². The van der Waals surface area contributed by atoms with Crippen molar-refractivity contribution in [2.75, 3.05) is 13.7 Å². The first kappa shape index (κ1) is 12.5. The lowest BCUT2D eigenvalue weighted by molar-refractivity contribution is 0.0951. The van der Waals surface area contributed by atoms with Crippen LogP contribution in [0.25, 0.3) is 0 Å². The molecule has 0 saturated carbocycles. The molecule has 4 nitrogen and oxygen atoms in total. The quantitative estimate of drug-likeness (QED) is 0.801. The van der Waals surface area contributed by atoms with Crippen LogP contribution in [0.3, 0.4) is 0 Å². The molecule has 0 spiro atoms. The molecule has 1 aromatic rings. The van der Waals surface area contributed by atoms with E-state index in [-0.39, 0.29) is 11.9 Å². The first-order chi connectivity index (χ1) is 7.54. The Morgan fingerprint density at radius 2 is 2.25 bits per heavy atom. The van der Waals surface area contributed by atoms with Gasteiger partial charge < -0.3 is 15.8 Å². The minimum Gasteiger partial charge on any atom is -0.496 e. The molecule has 0 heterocycles.